The minimum Gasteiger partial charge on any atom is -0.497 e. The van der Waals surface area contributed by atoms with Gasteiger partial charge >= 0.3 is 0 Å². The fourth-order valence-corrected chi connectivity index (χ4v) is 4.86. The number of aromatic nitrogens is 4. The van der Waals surface area contributed by atoms with Crippen LogP contribution in [0.4, 0.5) is 5.95 Å². The van der Waals surface area contributed by atoms with Crippen LogP contribution in [0, 0.1) is 0 Å². The Morgan fingerprint density at radius 3 is 2.23 bits per heavy atom. The molecule has 2 aromatic heterocycles. The molecule has 6 aromatic rings. The number of imidazole rings is 1. The molecule has 0 aliphatic carbocycles. The average molecular weight is 594 g/mol. The van der Waals surface area contributed by atoms with E-state index in [1.807, 2.05) is 78.9 Å². The summed E-state index contributed by atoms with van der Waals surface area (Å²) >= 11 is 6.15. The van der Waals surface area contributed by atoms with Crippen molar-refractivity contribution in [1.82, 2.24) is 19.7 Å². The zero-order valence-electron chi connectivity index (χ0n) is 23.5. The van der Waals surface area contributed by atoms with Gasteiger partial charge in [0.05, 0.1) is 31.8 Å². The molecule has 0 saturated heterocycles. The van der Waals surface area contributed by atoms with Gasteiger partial charge in [0.25, 0.3) is 5.91 Å². The number of ether oxygens (including phenoxy) is 3. The quantitative estimate of drug-likeness (QED) is 0.178. The molecule has 9 nitrogen and oxygen atoms in total. The molecule has 0 atom stereocenters. The van der Waals surface area contributed by atoms with Crippen LogP contribution in [0.15, 0.2) is 97.1 Å². The summed E-state index contributed by atoms with van der Waals surface area (Å²) in [6.45, 7) is 0.524. The monoisotopic (exact) mass is 593 g/mol. The normalized spacial score (nSPS) is 11.0. The highest BCUT2D eigenvalue weighted by atomic mass is 35.5. The average Bonchev–Trinajstić information content (AvgIpc) is 3.61. The van der Waals surface area contributed by atoms with Gasteiger partial charge in [-0.1, -0.05) is 66.2 Å². The summed E-state index contributed by atoms with van der Waals surface area (Å²) in [6, 6.07) is 30.1. The van der Waals surface area contributed by atoms with Crippen molar-refractivity contribution in [3.63, 3.8) is 0 Å². The maximum Gasteiger partial charge on any atom is 0.280 e. The summed E-state index contributed by atoms with van der Waals surface area (Å²) in [5.41, 5.74) is 4.82. The highest BCUT2D eigenvalue weighted by molar-refractivity contribution is 6.31. The standard InChI is InChI=1S/C33H28ClN5O4/c1-41-25-13-8-21(9-14-25)19-39-30(32(40)37-33-35-27-17-12-24(34)18-28(27)36-33)31(29(38-39)23-6-4-3-5-7-23)43-20-22-10-15-26(42-2)16-11-22/h3-18H,19-20H2,1-2H3,(H2,35,36,37,40). The third kappa shape index (κ3) is 6.17. The zero-order chi connectivity index (χ0) is 29.8. The Labute approximate surface area is 253 Å². The van der Waals surface area contributed by atoms with Crippen LogP contribution in [-0.2, 0) is 13.2 Å². The highest BCUT2D eigenvalue weighted by Crippen LogP contribution is 2.35. The van der Waals surface area contributed by atoms with Crippen molar-refractivity contribution in [3.05, 3.63) is 119 Å². The van der Waals surface area contributed by atoms with Crippen molar-refractivity contribution in [1.29, 1.82) is 0 Å². The lowest BCUT2D eigenvalue weighted by atomic mass is 10.1. The number of hydrogen-bond acceptors (Lipinski definition) is 6. The Morgan fingerprint density at radius 1 is 0.884 bits per heavy atom. The van der Waals surface area contributed by atoms with Gasteiger partial charge in [0.1, 0.15) is 23.8 Å². The van der Waals surface area contributed by atoms with Crippen LogP contribution >= 0.6 is 11.6 Å². The Balaban J connectivity index is 1.42. The number of nitrogens with one attached hydrogen (secondary N) is 2. The van der Waals surface area contributed by atoms with Crippen LogP contribution in [0.3, 0.4) is 0 Å². The molecule has 0 spiro atoms. The first-order chi connectivity index (χ1) is 21.0. The van der Waals surface area contributed by atoms with E-state index in [2.05, 4.69) is 15.3 Å². The van der Waals surface area contributed by atoms with Crippen LogP contribution in [0.5, 0.6) is 17.2 Å². The molecule has 0 bridgehead atoms. The molecule has 0 aliphatic heterocycles. The van der Waals surface area contributed by atoms with Gasteiger partial charge in [0, 0.05) is 10.6 Å². The Kier molecular flexibility index (Phi) is 7.97. The SMILES string of the molecule is COc1ccc(COc2c(-c3ccccc3)nn(Cc3ccc(OC)cc3)c2C(=O)Nc2nc3ccc(Cl)cc3[nH]2)cc1. The number of carbonyl (C=O) groups excluding carboxylic acids is 1. The number of hydrogen-bond donors (Lipinski definition) is 2. The van der Waals surface area contributed by atoms with Gasteiger partial charge in [-0.25, -0.2) is 4.98 Å². The van der Waals surface area contributed by atoms with E-state index in [0.717, 1.165) is 28.2 Å². The minimum atomic E-state index is -0.432. The van der Waals surface area contributed by atoms with E-state index in [0.29, 0.717) is 34.0 Å². The second kappa shape index (κ2) is 12.3. The molecular weight excluding hydrogens is 566 g/mol. The summed E-state index contributed by atoms with van der Waals surface area (Å²) in [5.74, 6) is 1.68. The van der Waals surface area contributed by atoms with E-state index < -0.39 is 5.91 Å². The molecular formula is C33H28ClN5O4. The lowest BCUT2D eigenvalue weighted by Crippen LogP contribution is -2.20. The van der Waals surface area contributed by atoms with Crippen molar-refractivity contribution in [2.24, 2.45) is 0 Å². The van der Waals surface area contributed by atoms with Crippen LogP contribution in [0.1, 0.15) is 21.6 Å². The topological polar surface area (TPSA) is 103 Å². The van der Waals surface area contributed by atoms with Crippen molar-refractivity contribution < 1.29 is 19.0 Å². The number of amides is 1. The van der Waals surface area contributed by atoms with Crippen LogP contribution in [-0.4, -0.2) is 39.9 Å². The number of anilines is 1. The summed E-state index contributed by atoms with van der Waals surface area (Å²) in [7, 11) is 3.24. The van der Waals surface area contributed by atoms with Gasteiger partial charge in [-0.2, -0.15) is 5.10 Å². The van der Waals surface area contributed by atoms with E-state index in [1.165, 1.54) is 0 Å². The summed E-state index contributed by atoms with van der Waals surface area (Å²) < 4.78 is 18.7. The molecule has 0 radical (unpaired) electrons. The molecule has 4 aromatic carbocycles. The fourth-order valence-electron chi connectivity index (χ4n) is 4.69. The Hall–Kier alpha value is -5.28. The summed E-state index contributed by atoms with van der Waals surface area (Å²) in [5, 5.41) is 8.37. The number of H-pyrrole nitrogens is 1. The Morgan fingerprint density at radius 2 is 1.56 bits per heavy atom. The van der Waals surface area contributed by atoms with Gasteiger partial charge in [-0.15, -0.1) is 0 Å². The Bertz CT molecular complexity index is 1870. The highest BCUT2D eigenvalue weighted by Gasteiger charge is 2.27. The van der Waals surface area contributed by atoms with E-state index in [1.54, 1.807) is 37.1 Å². The molecule has 2 heterocycles. The molecule has 0 aliphatic rings. The zero-order valence-corrected chi connectivity index (χ0v) is 24.3. The number of carbonyl (C=O) groups is 1. The molecule has 1 amide bonds. The third-order valence-electron chi connectivity index (χ3n) is 6.88. The van der Waals surface area contributed by atoms with Gasteiger partial charge in [-0.05, 0) is 53.6 Å². The fraction of sp³-hybridized carbons (Fsp3) is 0.121. The largest absolute Gasteiger partial charge is 0.497 e. The number of benzene rings is 4. The number of fused-ring (bicyclic) bond motifs is 1. The predicted molar refractivity (Wildman–Crippen MR) is 166 cm³/mol. The maximum atomic E-state index is 14.1. The number of aromatic amines is 1. The predicted octanol–water partition coefficient (Wildman–Crippen LogP) is 6.98. The first-order valence-electron chi connectivity index (χ1n) is 13.5. The maximum absolute atomic E-state index is 14.1. The van der Waals surface area contributed by atoms with Crippen molar-refractivity contribution in [3.8, 4) is 28.5 Å². The summed E-state index contributed by atoms with van der Waals surface area (Å²) in [4.78, 5) is 21.7. The smallest absolute Gasteiger partial charge is 0.280 e. The molecule has 6 rings (SSSR count). The van der Waals surface area contributed by atoms with Gasteiger partial charge in [0.15, 0.2) is 11.4 Å². The summed E-state index contributed by atoms with van der Waals surface area (Å²) in [6.07, 6.45) is 0. The molecule has 0 fully saturated rings. The lowest BCUT2D eigenvalue weighted by Gasteiger charge is -2.12. The number of halogens is 1. The van der Waals surface area contributed by atoms with Crippen LogP contribution in [0.2, 0.25) is 5.02 Å². The number of nitrogens with zero attached hydrogens (tertiary/aromatic N) is 3. The number of rotatable bonds is 10. The van der Waals surface area contributed by atoms with Crippen LogP contribution in [0.25, 0.3) is 22.3 Å². The van der Waals surface area contributed by atoms with Crippen molar-refractivity contribution in [2.75, 3.05) is 19.5 Å². The first-order valence-corrected chi connectivity index (χ1v) is 13.9. The second-order valence-corrected chi connectivity index (χ2v) is 10.2. The van der Waals surface area contributed by atoms with Gasteiger partial charge < -0.3 is 19.2 Å². The molecule has 0 unspecified atom stereocenters. The molecule has 10 heteroatoms. The number of methoxy groups -OCH3 is 2. The van der Waals surface area contributed by atoms with E-state index in [4.69, 9.17) is 30.9 Å². The molecule has 2 N–H and O–H groups in total. The molecule has 43 heavy (non-hydrogen) atoms. The van der Waals surface area contributed by atoms with Crippen molar-refractivity contribution in [2.45, 2.75) is 13.2 Å². The van der Waals surface area contributed by atoms with Gasteiger partial charge in [0.2, 0.25) is 5.95 Å². The first kappa shape index (κ1) is 27.9. The second-order valence-electron chi connectivity index (χ2n) is 9.74. The molecule has 0 saturated carbocycles. The minimum absolute atomic E-state index is 0.210. The molecule has 216 valence electrons. The van der Waals surface area contributed by atoms with E-state index in [9.17, 15) is 4.79 Å². The van der Waals surface area contributed by atoms with Crippen molar-refractivity contribution >= 4 is 34.5 Å². The van der Waals surface area contributed by atoms with E-state index in [-0.39, 0.29) is 18.2 Å². The van der Waals surface area contributed by atoms with E-state index >= 15 is 0 Å². The lowest BCUT2D eigenvalue weighted by molar-refractivity contribution is 0.101. The third-order valence-corrected chi connectivity index (χ3v) is 7.12. The van der Waals surface area contributed by atoms with Gasteiger partial charge in [-0.3, -0.25) is 14.8 Å². The van der Waals surface area contributed by atoms with Crippen LogP contribution < -0.4 is 19.5 Å².